The monoisotopic (exact) mass is 200 g/mol. The zero-order valence-electron chi connectivity index (χ0n) is 7.36. The maximum absolute atomic E-state index is 5.68. The second-order valence-electron chi connectivity index (χ2n) is 3.19. The van der Waals surface area contributed by atoms with Crippen LogP contribution in [0.4, 0.5) is 5.95 Å². The Balaban J connectivity index is 2.39. The highest BCUT2D eigenvalue weighted by atomic mass is 32.1. The van der Waals surface area contributed by atoms with E-state index in [1.807, 2.05) is 11.5 Å². The second kappa shape index (κ2) is 3.12. The first-order valence-corrected chi connectivity index (χ1v) is 4.65. The fraction of sp³-hybridized carbons (Fsp3) is 0.714. The van der Waals surface area contributed by atoms with Crippen molar-refractivity contribution in [1.82, 2.24) is 14.8 Å². The van der Waals surface area contributed by atoms with Gasteiger partial charge < -0.3 is 10.5 Å². The van der Waals surface area contributed by atoms with Crippen LogP contribution < -0.4 is 5.73 Å². The molecule has 0 aromatic carbocycles. The van der Waals surface area contributed by atoms with E-state index in [0.717, 1.165) is 13.0 Å². The Morgan fingerprint density at radius 2 is 2.54 bits per heavy atom. The first-order chi connectivity index (χ1) is 6.20. The number of aromatic nitrogens is 3. The molecule has 0 aliphatic carbocycles. The van der Waals surface area contributed by atoms with Crippen LogP contribution in [0.25, 0.3) is 0 Å². The SMILES string of the molecule is CC1OCCC1n1c(N)n[nH]c1=S. The number of nitrogen functional groups attached to an aromatic ring is 1. The molecule has 13 heavy (non-hydrogen) atoms. The second-order valence-corrected chi connectivity index (χ2v) is 3.58. The topological polar surface area (TPSA) is 68.9 Å². The summed E-state index contributed by atoms with van der Waals surface area (Å²) >= 11 is 5.07. The van der Waals surface area contributed by atoms with Crippen molar-refractivity contribution >= 4 is 18.2 Å². The summed E-state index contributed by atoms with van der Waals surface area (Å²) in [6, 6.07) is 0.228. The van der Waals surface area contributed by atoms with Crippen LogP contribution in [0.15, 0.2) is 0 Å². The number of hydrogen-bond donors (Lipinski definition) is 2. The highest BCUT2D eigenvalue weighted by Crippen LogP contribution is 2.27. The predicted octanol–water partition coefficient (Wildman–Crippen LogP) is 0.873. The molecule has 6 heteroatoms. The summed E-state index contributed by atoms with van der Waals surface area (Å²) in [6.07, 6.45) is 1.10. The van der Waals surface area contributed by atoms with E-state index in [1.54, 1.807) is 0 Å². The van der Waals surface area contributed by atoms with Crippen molar-refractivity contribution in [2.75, 3.05) is 12.3 Å². The normalized spacial score (nSPS) is 28.1. The summed E-state index contributed by atoms with van der Waals surface area (Å²) in [5.41, 5.74) is 5.68. The zero-order valence-corrected chi connectivity index (χ0v) is 8.17. The van der Waals surface area contributed by atoms with Crippen molar-refractivity contribution in [3.05, 3.63) is 4.77 Å². The van der Waals surface area contributed by atoms with Gasteiger partial charge in [-0.2, -0.15) is 0 Å². The van der Waals surface area contributed by atoms with Crippen molar-refractivity contribution < 1.29 is 4.74 Å². The Kier molecular flexibility index (Phi) is 2.09. The van der Waals surface area contributed by atoms with Gasteiger partial charge in [0.05, 0.1) is 12.1 Å². The lowest BCUT2D eigenvalue weighted by Gasteiger charge is -2.15. The average Bonchev–Trinajstić information content (AvgIpc) is 2.60. The van der Waals surface area contributed by atoms with Crippen molar-refractivity contribution in [1.29, 1.82) is 0 Å². The van der Waals surface area contributed by atoms with Gasteiger partial charge in [0.2, 0.25) is 5.95 Å². The largest absolute Gasteiger partial charge is 0.376 e. The lowest BCUT2D eigenvalue weighted by Crippen LogP contribution is -2.18. The van der Waals surface area contributed by atoms with E-state index in [2.05, 4.69) is 10.2 Å². The maximum atomic E-state index is 5.68. The molecule has 1 fully saturated rings. The van der Waals surface area contributed by atoms with Crippen LogP contribution in [0.1, 0.15) is 19.4 Å². The van der Waals surface area contributed by atoms with E-state index < -0.39 is 0 Å². The van der Waals surface area contributed by atoms with Crippen molar-refractivity contribution in [2.45, 2.75) is 25.5 Å². The predicted molar refractivity (Wildman–Crippen MR) is 50.9 cm³/mol. The standard InChI is InChI=1S/C7H12N4OS/c1-4-5(2-3-12-4)11-6(8)9-10-7(11)13/h4-5H,2-3H2,1H3,(H2,8,9)(H,10,13). The van der Waals surface area contributed by atoms with Crippen LogP contribution >= 0.6 is 12.2 Å². The number of nitrogens with one attached hydrogen (secondary N) is 1. The number of nitrogens with two attached hydrogens (primary N) is 1. The molecule has 0 radical (unpaired) electrons. The summed E-state index contributed by atoms with van der Waals surface area (Å²) in [4.78, 5) is 0. The van der Waals surface area contributed by atoms with Crippen molar-refractivity contribution in [2.24, 2.45) is 0 Å². The fourth-order valence-corrected chi connectivity index (χ4v) is 1.97. The maximum Gasteiger partial charge on any atom is 0.220 e. The smallest absolute Gasteiger partial charge is 0.220 e. The average molecular weight is 200 g/mol. The van der Waals surface area contributed by atoms with Gasteiger partial charge in [-0.25, -0.2) is 5.10 Å². The number of anilines is 1. The van der Waals surface area contributed by atoms with Gasteiger partial charge in [0.15, 0.2) is 4.77 Å². The molecule has 0 bridgehead atoms. The van der Waals surface area contributed by atoms with Crippen LogP contribution in [-0.2, 0) is 4.74 Å². The van der Waals surface area contributed by atoms with Gasteiger partial charge in [-0.15, -0.1) is 5.10 Å². The number of hydrogen-bond acceptors (Lipinski definition) is 4. The van der Waals surface area contributed by atoms with Gasteiger partial charge in [0, 0.05) is 6.61 Å². The molecule has 0 saturated carbocycles. The number of rotatable bonds is 1. The minimum atomic E-state index is 0.159. The molecule has 1 aromatic heterocycles. The van der Waals surface area contributed by atoms with E-state index in [9.17, 15) is 0 Å². The van der Waals surface area contributed by atoms with Crippen LogP contribution in [0.5, 0.6) is 0 Å². The molecule has 5 nitrogen and oxygen atoms in total. The van der Waals surface area contributed by atoms with Crippen LogP contribution in [0.3, 0.4) is 0 Å². The first-order valence-electron chi connectivity index (χ1n) is 4.24. The van der Waals surface area contributed by atoms with E-state index in [-0.39, 0.29) is 12.1 Å². The third-order valence-electron chi connectivity index (χ3n) is 2.40. The van der Waals surface area contributed by atoms with Crippen LogP contribution in [0, 0.1) is 4.77 Å². The van der Waals surface area contributed by atoms with Gasteiger partial charge in [0.1, 0.15) is 0 Å². The van der Waals surface area contributed by atoms with Crippen molar-refractivity contribution in [3.63, 3.8) is 0 Å². The molecule has 2 rings (SSSR count). The molecule has 2 unspecified atom stereocenters. The number of nitrogens with zero attached hydrogens (tertiary/aromatic N) is 2. The molecule has 0 amide bonds. The molecule has 1 aliphatic rings. The molecule has 1 aromatic rings. The van der Waals surface area contributed by atoms with Crippen molar-refractivity contribution in [3.8, 4) is 0 Å². The number of ether oxygens (including phenoxy) is 1. The highest BCUT2D eigenvalue weighted by molar-refractivity contribution is 7.71. The Bertz CT molecular complexity index is 358. The molecular formula is C7H12N4OS. The summed E-state index contributed by atoms with van der Waals surface area (Å²) in [6.45, 7) is 2.78. The Morgan fingerprint density at radius 3 is 3.00 bits per heavy atom. The molecule has 3 N–H and O–H groups in total. The first kappa shape index (κ1) is 8.71. The molecule has 1 saturated heterocycles. The third kappa shape index (κ3) is 1.36. The van der Waals surface area contributed by atoms with Crippen LogP contribution in [-0.4, -0.2) is 27.5 Å². The molecule has 2 heterocycles. The zero-order chi connectivity index (χ0) is 9.42. The molecule has 0 spiro atoms. The summed E-state index contributed by atoms with van der Waals surface area (Å²) in [5.74, 6) is 0.437. The van der Waals surface area contributed by atoms with E-state index in [0.29, 0.717) is 10.7 Å². The summed E-state index contributed by atoms with van der Waals surface area (Å²) < 4.78 is 7.83. The van der Waals surface area contributed by atoms with Gasteiger partial charge in [-0.05, 0) is 25.6 Å². The lowest BCUT2D eigenvalue weighted by molar-refractivity contribution is 0.108. The number of H-pyrrole nitrogens is 1. The quantitative estimate of drug-likeness (QED) is 0.660. The summed E-state index contributed by atoms with van der Waals surface area (Å²) in [5, 5.41) is 6.53. The lowest BCUT2D eigenvalue weighted by atomic mass is 10.1. The van der Waals surface area contributed by atoms with Crippen LogP contribution in [0.2, 0.25) is 0 Å². The third-order valence-corrected chi connectivity index (χ3v) is 2.69. The Labute approximate surface area is 80.9 Å². The fourth-order valence-electron chi connectivity index (χ4n) is 1.70. The van der Waals surface area contributed by atoms with Gasteiger partial charge >= 0.3 is 0 Å². The highest BCUT2D eigenvalue weighted by Gasteiger charge is 2.27. The van der Waals surface area contributed by atoms with E-state index >= 15 is 0 Å². The number of aromatic amines is 1. The molecule has 2 atom stereocenters. The Morgan fingerprint density at radius 1 is 1.77 bits per heavy atom. The van der Waals surface area contributed by atoms with Gasteiger partial charge in [-0.3, -0.25) is 4.57 Å². The minimum absolute atomic E-state index is 0.159. The van der Waals surface area contributed by atoms with Gasteiger partial charge in [-0.1, -0.05) is 0 Å². The van der Waals surface area contributed by atoms with E-state index in [4.69, 9.17) is 22.7 Å². The van der Waals surface area contributed by atoms with Gasteiger partial charge in [0.25, 0.3) is 0 Å². The summed E-state index contributed by atoms with van der Waals surface area (Å²) in [7, 11) is 0. The molecule has 1 aliphatic heterocycles. The van der Waals surface area contributed by atoms with E-state index in [1.165, 1.54) is 0 Å². The molecular weight excluding hydrogens is 188 g/mol. The minimum Gasteiger partial charge on any atom is -0.376 e. The Hall–Kier alpha value is -0.880. The molecule has 72 valence electrons.